The number of rotatable bonds is 3. The predicted molar refractivity (Wildman–Crippen MR) is 102 cm³/mol. The van der Waals surface area contributed by atoms with Crippen molar-refractivity contribution in [1.82, 2.24) is 9.80 Å². The molecule has 0 spiro atoms. The van der Waals surface area contributed by atoms with Crippen LogP contribution in [0.15, 0.2) is 35.7 Å². The van der Waals surface area contributed by atoms with Gasteiger partial charge in [0.1, 0.15) is 0 Å². The fraction of sp³-hybridized carbons (Fsp3) is 0.389. The molecular formula is C18H20ClN3O3S. The zero-order valence-electron chi connectivity index (χ0n) is 14.4. The molecule has 2 heterocycles. The average Bonchev–Trinajstić information content (AvgIpc) is 2.61. The van der Waals surface area contributed by atoms with E-state index in [2.05, 4.69) is 11.9 Å². The molecule has 0 aromatic heterocycles. The maximum Gasteiger partial charge on any atom is 0.246 e. The third-order valence-corrected chi connectivity index (χ3v) is 6.07. The fourth-order valence-corrected chi connectivity index (χ4v) is 4.44. The molecule has 3 rings (SSSR count). The summed E-state index contributed by atoms with van der Waals surface area (Å²) < 4.78 is 0. The Morgan fingerprint density at radius 3 is 2.88 bits per heavy atom. The van der Waals surface area contributed by atoms with Crippen molar-refractivity contribution in [1.29, 1.82) is 0 Å². The Kier molecular flexibility index (Phi) is 5.58. The maximum absolute atomic E-state index is 12.7. The summed E-state index contributed by atoms with van der Waals surface area (Å²) in [6, 6.07) is 5.23. The lowest BCUT2D eigenvalue weighted by molar-refractivity contribution is -0.140. The number of hydrogen-bond donors (Lipinski definition) is 1. The minimum atomic E-state index is -0.476. The summed E-state index contributed by atoms with van der Waals surface area (Å²) in [5.41, 5.74) is 0.682. The molecule has 3 amide bonds. The van der Waals surface area contributed by atoms with Crippen molar-refractivity contribution in [3.05, 3.63) is 35.9 Å². The van der Waals surface area contributed by atoms with Gasteiger partial charge in [0, 0.05) is 42.0 Å². The second-order valence-electron chi connectivity index (χ2n) is 6.36. The van der Waals surface area contributed by atoms with Crippen molar-refractivity contribution in [3.8, 4) is 0 Å². The van der Waals surface area contributed by atoms with Crippen LogP contribution in [-0.4, -0.2) is 58.4 Å². The molecule has 0 radical (unpaired) electrons. The van der Waals surface area contributed by atoms with Gasteiger partial charge >= 0.3 is 0 Å². The molecule has 1 unspecified atom stereocenters. The van der Waals surface area contributed by atoms with Crippen LogP contribution in [0.25, 0.3) is 0 Å². The number of nitrogens with one attached hydrogen (secondary N) is 1. The summed E-state index contributed by atoms with van der Waals surface area (Å²) in [6.07, 6.45) is 1.41. The molecule has 2 aliphatic heterocycles. The molecule has 8 heteroatoms. The zero-order chi connectivity index (χ0) is 18.8. The number of piperazine rings is 1. The second-order valence-corrected chi connectivity index (χ2v) is 8.05. The summed E-state index contributed by atoms with van der Waals surface area (Å²) in [5, 5.41) is 2.90. The van der Waals surface area contributed by atoms with Crippen LogP contribution in [0.5, 0.6) is 0 Å². The minimum Gasteiger partial charge on any atom is -0.336 e. The van der Waals surface area contributed by atoms with Crippen LogP contribution in [0.3, 0.4) is 0 Å². The third-order valence-electron chi connectivity index (χ3n) is 4.56. The molecule has 1 saturated heterocycles. The third kappa shape index (κ3) is 3.88. The zero-order valence-corrected chi connectivity index (χ0v) is 16.0. The SMILES string of the molecule is C=CC(=O)N1CCN(C(=O)CC2Sc3ccc(Cl)cc3NC2=O)[C@@H](C)C1. The second kappa shape index (κ2) is 7.72. The highest BCUT2D eigenvalue weighted by Gasteiger charge is 2.34. The van der Waals surface area contributed by atoms with E-state index in [4.69, 9.17) is 11.6 Å². The van der Waals surface area contributed by atoms with Crippen molar-refractivity contribution in [3.63, 3.8) is 0 Å². The van der Waals surface area contributed by atoms with Crippen LogP contribution in [0.4, 0.5) is 5.69 Å². The van der Waals surface area contributed by atoms with E-state index in [9.17, 15) is 14.4 Å². The van der Waals surface area contributed by atoms with Gasteiger partial charge in [-0.3, -0.25) is 14.4 Å². The monoisotopic (exact) mass is 393 g/mol. The molecule has 0 aliphatic carbocycles. The Morgan fingerprint density at radius 2 is 2.19 bits per heavy atom. The van der Waals surface area contributed by atoms with Crippen molar-refractivity contribution in [2.75, 3.05) is 25.0 Å². The lowest BCUT2D eigenvalue weighted by Gasteiger charge is -2.40. The first-order valence-corrected chi connectivity index (χ1v) is 9.62. The van der Waals surface area contributed by atoms with Crippen LogP contribution >= 0.6 is 23.4 Å². The van der Waals surface area contributed by atoms with E-state index in [1.165, 1.54) is 17.8 Å². The van der Waals surface area contributed by atoms with Gasteiger partial charge in [0.25, 0.3) is 0 Å². The molecule has 138 valence electrons. The first-order chi connectivity index (χ1) is 12.4. The van der Waals surface area contributed by atoms with Crippen molar-refractivity contribution >= 4 is 46.8 Å². The highest BCUT2D eigenvalue weighted by atomic mass is 35.5. The Balaban J connectivity index is 1.63. The molecular weight excluding hydrogens is 374 g/mol. The first-order valence-electron chi connectivity index (χ1n) is 8.37. The summed E-state index contributed by atoms with van der Waals surface area (Å²) >= 11 is 7.33. The number of anilines is 1. The minimum absolute atomic E-state index is 0.0757. The van der Waals surface area contributed by atoms with Gasteiger partial charge in [0.15, 0.2) is 0 Å². The van der Waals surface area contributed by atoms with E-state index in [-0.39, 0.29) is 30.2 Å². The predicted octanol–water partition coefficient (Wildman–Crippen LogP) is 2.39. The quantitative estimate of drug-likeness (QED) is 0.800. The summed E-state index contributed by atoms with van der Waals surface area (Å²) in [4.78, 5) is 41.1. The van der Waals surface area contributed by atoms with Gasteiger partial charge in [-0.15, -0.1) is 11.8 Å². The highest BCUT2D eigenvalue weighted by Crippen LogP contribution is 2.38. The summed E-state index contributed by atoms with van der Waals surface area (Å²) in [5.74, 6) is -0.388. The van der Waals surface area contributed by atoms with Gasteiger partial charge in [-0.1, -0.05) is 18.2 Å². The molecule has 26 heavy (non-hydrogen) atoms. The molecule has 6 nitrogen and oxygen atoms in total. The van der Waals surface area contributed by atoms with Crippen LogP contribution in [0.2, 0.25) is 5.02 Å². The van der Waals surface area contributed by atoms with E-state index >= 15 is 0 Å². The van der Waals surface area contributed by atoms with Crippen molar-refractivity contribution in [2.24, 2.45) is 0 Å². The van der Waals surface area contributed by atoms with Gasteiger partial charge in [-0.25, -0.2) is 0 Å². The van der Waals surface area contributed by atoms with Crippen LogP contribution < -0.4 is 5.32 Å². The van der Waals surface area contributed by atoms with Gasteiger partial charge < -0.3 is 15.1 Å². The molecule has 0 saturated carbocycles. The maximum atomic E-state index is 12.7. The number of nitrogens with zero attached hydrogens (tertiary/aromatic N) is 2. The normalized spacial score (nSPS) is 22.5. The van der Waals surface area contributed by atoms with Crippen LogP contribution in [0, 0.1) is 0 Å². The molecule has 2 aliphatic rings. The number of carbonyl (C=O) groups excluding carboxylic acids is 3. The van der Waals surface area contributed by atoms with Gasteiger partial charge in [0.2, 0.25) is 17.7 Å². The first kappa shape index (κ1) is 18.8. The van der Waals surface area contributed by atoms with E-state index in [0.717, 1.165) is 4.90 Å². The number of thioether (sulfide) groups is 1. The largest absolute Gasteiger partial charge is 0.336 e. The summed E-state index contributed by atoms with van der Waals surface area (Å²) in [6.45, 7) is 6.82. The number of hydrogen-bond acceptors (Lipinski definition) is 4. The van der Waals surface area contributed by atoms with E-state index in [0.29, 0.717) is 30.3 Å². The average molecular weight is 394 g/mol. The number of benzene rings is 1. The van der Waals surface area contributed by atoms with Crippen LogP contribution in [-0.2, 0) is 14.4 Å². The molecule has 2 atom stereocenters. The molecule has 0 bridgehead atoms. The standard InChI is InChI=1S/C18H20ClN3O3S/c1-3-16(23)21-6-7-22(11(2)10-21)17(24)9-15-18(25)20-13-8-12(19)4-5-14(13)26-15/h3-5,8,11,15H,1,6-7,9-10H2,2H3,(H,20,25)/t11-,15?/m0/s1. The van der Waals surface area contributed by atoms with Crippen molar-refractivity contribution in [2.45, 2.75) is 29.5 Å². The molecule has 1 fully saturated rings. The Bertz CT molecular complexity index is 770. The summed E-state index contributed by atoms with van der Waals surface area (Å²) in [7, 11) is 0. The van der Waals surface area contributed by atoms with Crippen LogP contribution in [0.1, 0.15) is 13.3 Å². The Morgan fingerprint density at radius 1 is 1.42 bits per heavy atom. The molecule has 1 aromatic rings. The van der Waals surface area contributed by atoms with E-state index in [1.807, 2.05) is 13.0 Å². The topological polar surface area (TPSA) is 69.7 Å². The van der Waals surface area contributed by atoms with Crippen molar-refractivity contribution < 1.29 is 14.4 Å². The lowest BCUT2D eigenvalue weighted by atomic mass is 10.1. The lowest BCUT2D eigenvalue weighted by Crippen LogP contribution is -2.55. The number of halogens is 1. The Hall–Kier alpha value is -1.99. The fourth-order valence-electron chi connectivity index (χ4n) is 3.19. The number of amides is 3. The smallest absolute Gasteiger partial charge is 0.246 e. The Labute approximate surface area is 161 Å². The van der Waals surface area contributed by atoms with E-state index in [1.54, 1.807) is 21.9 Å². The highest BCUT2D eigenvalue weighted by molar-refractivity contribution is 8.01. The number of carbonyl (C=O) groups is 3. The van der Waals surface area contributed by atoms with Gasteiger partial charge in [0.05, 0.1) is 10.9 Å². The van der Waals surface area contributed by atoms with Gasteiger partial charge in [-0.05, 0) is 31.2 Å². The van der Waals surface area contributed by atoms with Gasteiger partial charge in [-0.2, -0.15) is 0 Å². The molecule has 1 N–H and O–H groups in total. The van der Waals surface area contributed by atoms with E-state index < -0.39 is 5.25 Å². The number of fused-ring (bicyclic) bond motifs is 1. The molecule has 1 aromatic carbocycles.